The first-order chi connectivity index (χ1) is 7.74. The second-order valence-corrected chi connectivity index (χ2v) is 3.46. The number of nitrogens with two attached hydrogens (primary N) is 1. The molecule has 0 radical (unpaired) electrons. The van der Waals surface area contributed by atoms with Crippen LogP contribution in [0.3, 0.4) is 0 Å². The molecule has 0 amide bonds. The highest BCUT2D eigenvalue weighted by Crippen LogP contribution is 2.38. The SMILES string of the molecule is NCC(=O)c1c(O)ccc2c1OCCCO2. The minimum Gasteiger partial charge on any atom is -0.507 e. The van der Waals surface area contributed by atoms with Gasteiger partial charge in [-0.15, -0.1) is 0 Å². The van der Waals surface area contributed by atoms with Gasteiger partial charge in [0.2, 0.25) is 0 Å². The van der Waals surface area contributed by atoms with Crippen LogP contribution in [0.5, 0.6) is 17.2 Å². The van der Waals surface area contributed by atoms with E-state index in [1.807, 2.05) is 0 Å². The second-order valence-electron chi connectivity index (χ2n) is 3.46. The number of carbonyl (C=O) groups is 1. The lowest BCUT2D eigenvalue weighted by Crippen LogP contribution is -2.15. The van der Waals surface area contributed by atoms with Gasteiger partial charge in [-0.05, 0) is 12.1 Å². The molecule has 1 aliphatic rings. The Morgan fingerprint density at radius 1 is 1.38 bits per heavy atom. The number of rotatable bonds is 2. The lowest BCUT2D eigenvalue weighted by Gasteiger charge is -2.12. The van der Waals surface area contributed by atoms with Crippen LogP contribution in [0.2, 0.25) is 0 Å². The number of carbonyl (C=O) groups excluding carboxylic acids is 1. The Labute approximate surface area is 92.8 Å². The predicted octanol–water partition coefficient (Wildman–Crippen LogP) is 0.695. The molecule has 0 saturated carbocycles. The van der Waals surface area contributed by atoms with E-state index < -0.39 is 0 Å². The van der Waals surface area contributed by atoms with Crippen LogP contribution in [0.1, 0.15) is 16.8 Å². The maximum atomic E-state index is 11.6. The number of phenols is 1. The highest BCUT2D eigenvalue weighted by Gasteiger charge is 2.22. The third-order valence-electron chi connectivity index (χ3n) is 2.36. The first-order valence-electron chi connectivity index (χ1n) is 5.09. The number of aromatic hydroxyl groups is 1. The topological polar surface area (TPSA) is 81.8 Å². The van der Waals surface area contributed by atoms with Gasteiger partial charge in [-0.2, -0.15) is 0 Å². The van der Waals surface area contributed by atoms with Crippen LogP contribution in [0.4, 0.5) is 0 Å². The fraction of sp³-hybridized carbons (Fsp3) is 0.364. The van der Waals surface area contributed by atoms with Crippen molar-refractivity contribution in [3.63, 3.8) is 0 Å². The summed E-state index contributed by atoms with van der Waals surface area (Å²) in [5.41, 5.74) is 5.40. The van der Waals surface area contributed by atoms with Crippen molar-refractivity contribution in [2.45, 2.75) is 6.42 Å². The summed E-state index contributed by atoms with van der Waals surface area (Å²) in [6.07, 6.45) is 0.742. The molecule has 0 spiro atoms. The van der Waals surface area contributed by atoms with Gasteiger partial charge in [0.05, 0.1) is 19.8 Å². The number of Topliss-reactive ketones (excluding diaryl/α,β-unsaturated/α-hetero) is 1. The van der Waals surface area contributed by atoms with Crippen molar-refractivity contribution < 1.29 is 19.4 Å². The van der Waals surface area contributed by atoms with Crippen molar-refractivity contribution in [1.29, 1.82) is 0 Å². The summed E-state index contributed by atoms with van der Waals surface area (Å²) < 4.78 is 10.8. The molecule has 86 valence electrons. The van der Waals surface area contributed by atoms with Gasteiger partial charge in [0.15, 0.2) is 17.3 Å². The first kappa shape index (κ1) is 10.8. The maximum absolute atomic E-state index is 11.6. The van der Waals surface area contributed by atoms with Crippen molar-refractivity contribution in [3.05, 3.63) is 17.7 Å². The van der Waals surface area contributed by atoms with E-state index in [0.717, 1.165) is 6.42 Å². The van der Waals surface area contributed by atoms with Crippen LogP contribution in [0.25, 0.3) is 0 Å². The minimum atomic E-state index is -0.361. The highest BCUT2D eigenvalue weighted by atomic mass is 16.5. The monoisotopic (exact) mass is 223 g/mol. The fourth-order valence-electron chi connectivity index (χ4n) is 1.60. The Hall–Kier alpha value is -1.75. The standard InChI is InChI=1S/C11H13NO4/c12-6-8(14)10-7(13)2-3-9-11(10)16-5-1-4-15-9/h2-3,13H,1,4-6,12H2. The van der Waals surface area contributed by atoms with E-state index in [2.05, 4.69) is 0 Å². The lowest BCUT2D eigenvalue weighted by atomic mass is 10.1. The molecule has 1 aliphatic heterocycles. The van der Waals surface area contributed by atoms with E-state index in [4.69, 9.17) is 15.2 Å². The van der Waals surface area contributed by atoms with Gasteiger partial charge >= 0.3 is 0 Å². The minimum absolute atomic E-state index is 0.113. The van der Waals surface area contributed by atoms with E-state index >= 15 is 0 Å². The third-order valence-corrected chi connectivity index (χ3v) is 2.36. The van der Waals surface area contributed by atoms with Crippen LogP contribution in [0, 0.1) is 0 Å². The number of hydrogen-bond acceptors (Lipinski definition) is 5. The van der Waals surface area contributed by atoms with Crippen molar-refractivity contribution >= 4 is 5.78 Å². The third kappa shape index (κ3) is 1.81. The zero-order valence-electron chi connectivity index (χ0n) is 8.73. The number of fused-ring (bicyclic) bond motifs is 1. The zero-order valence-corrected chi connectivity index (χ0v) is 8.73. The van der Waals surface area contributed by atoms with E-state index in [0.29, 0.717) is 24.7 Å². The quantitative estimate of drug-likeness (QED) is 0.721. The lowest BCUT2D eigenvalue weighted by molar-refractivity contribution is 0.0994. The summed E-state index contributed by atoms with van der Waals surface area (Å²) in [6, 6.07) is 3.00. The molecular formula is C11H13NO4. The second kappa shape index (κ2) is 4.40. The van der Waals surface area contributed by atoms with Crippen LogP contribution < -0.4 is 15.2 Å². The Morgan fingerprint density at radius 2 is 2.12 bits per heavy atom. The number of hydrogen-bond donors (Lipinski definition) is 2. The van der Waals surface area contributed by atoms with E-state index in [-0.39, 0.29) is 23.6 Å². The van der Waals surface area contributed by atoms with E-state index in [1.54, 1.807) is 6.07 Å². The number of ether oxygens (including phenoxy) is 2. The van der Waals surface area contributed by atoms with Gasteiger partial charge in [0.1, 0.15) is 11.3 Å². The Morgan fingerprint density at radius 3 is 2.88 bits per heavy atom. The summed E-state index contributed by atoms with van der Waals surface area (Å²) in [6.45, 7) is 0.822. The number of phenolic OH excluding ortho intramolecular Hbond substituents is 1. The smallest absolute Gasteiger partial charge is 0.183 e. The summed E-state index contributed by atoms with van der Waals surface area (Å²) >= 11 is 0. The average molecular weight is 223 g/mol. The first-order valence-corrected chi connectivity index (χ1v) is 5.09. The molecule has 0 atom stereocenters. The van der Waals surface area contributed by atoms with E-state index in [1.165, 1.54) is 6.07 Å². The molecule has 0 fully saturated rings. The number of benzene rings is 1. The normalized spacial score (nSPS) is 14.3. The predicted molar refractivity (Wildman–Crippen MR) is 57.1 cm³/mol. The van der Waals surface area contributed by atoms with Crippen molar-refractivity contribution in [1.82, 2.24) is 0 Å². The zero-order chi connectivity index (χ0) is 11.5. The van der Waals surface area contributed by atoms with Gasteiger partial charge in [-0.25, -0.2) is 0 Å². The van der Waals surface area contributed by atoms with E-state index in [9.17, 15) is 9.90 Å². The molecule has 5 heteroatoms. The average Bonchev–Trinajstić information content (AvgIpc) is 2.53. The Balaban J connectivity index is 2.53. The van der Waals surface area contributed by atoms with Crippen molar-refractivity contribution in [2.75, 3.05) is 19.8 Å². The van der Waals surface area contributed by atoms with Gasteiger partial charge in [0, 0.05) is 6.42 Å². The van der Waals surface area contributed by atoms with Crippen LogP contribution in [0.15, 0.2) is 12.1 Å². The largest absolute Gasteiger partial charge is 0.507 e. The van der Waals surface area contributed by atoms with Gasteiger partial charge in [-0.3, -0.25) is 4.79 Å². The number of ketones is 1. The van der Waals surface area contributed by atoms with Crippen molar-refractivity contribution in [2.24, 2.45) is 5.73 Å². The molecule has 0 aromatic heterocycles. The Bertz CT molecular complexity index is 417. The fourth-order valence-corrected chi connectivity index (χ4v) is 1.60. The van der Waals surface area contributed by atoms with Crippen LogP contribution in [-0.4, -0.2) is 30.6 Å². The van der Waals surface area contributed by atoms with Gasteiger partial charge < -0.3 is 20.3 Å². The molecular weight excluding hydrogens is 210 g/mol. The molecule has 1 aromatic rings. The van der Waals surface area contributed by atoms with Crippen molar-refractivity contribution in [3.8, 4) is 17.2 Å². The van der Waals surface area contributed by atoms with Gasteiger partial charge in [0.25, 0.3) is 0 Å². The summed E-state index contributed by atoms with van der Waals surface area (Å²) in [7, 11) is 0. The molecule has 2 rings (SSSR count). The van der Waals surface area contributed by atoms with Gasteiger partial charge in [-0.1, -0.05) is 0 Å². The highest BCUT2D eigenvalue weighted by molar-refractivity contribution is 6.03. The molecule has 0 aliphatic carbocycles. The molecule has 5 nitrogen and oxygen atoms in total. The molecule has 0 saturated heterocycles. The summed E-state index contributed by atoms with van der Waals surface area (Å²) in [5, 5.41) is 9.65. The molecule has 1 heterocycles. The molecule has 16 heavy (non-hydrogen) atoms. The van der Waals surface area contributed by atoms with Crippen LogP contribution in [-0.2, 0) is 0 Å². The molecule has 1 aromatic carbocycles. The summed E-state index contributed by atoms with van der Waals surface area (Å²) in [5.74, 6) is 0.291. The summed E-state index contributed by atoms with van der Waals surface area (Å²) in [4.78, 5) is 11.6. The Kier molecular flexibility index (Phi) is 2.96. The molecule has 3 N–H and O–H groups in total. The molecule has 0 bridgehead atoms. The van der Waals surface area contributed by atoms with Crippen LogP contribution >= 0.6 is 0 Å². The maximum Gasteiger partial charge on any atom is 0.183 e. The molecule has 0 unspecified atom stereocenters.